The van der Waals surface area contributed by atoms with Gasteiger partial charge in [-0.15, -0.1) is 6.58 Å². The molecule has 0 saturated carbocycles. The average molecular weight is 315 g/mol. The lowest BCUT2D eigenvalue weighted by Crippen LogP contribution is -1.87. The maximum absolute atomic E-state index is 3.77. The van der Waals surface area contributed by atoms with Crippen LogP contribution in [0.2, 0.25) is 0 Å². The predicted molar refractivity (Wildman–Crippen MR) is 104 cm³/mol. The number of unbranched alkanes of at least 4 members (excludes halogenated alkanes) is 3. The van der Waals surface area contributed by atoms with E-state index in [1.807, 2.05) is 12.1 Å². The van der Waals surface area contributed by atoms with Gasteiger partial charge in [-0.3, -0.25) is 0 Å². The van der Waals surface area contributed by atoms with E-state index in [2.05, 4.69) is 67.8 Å². The van der Waals surface area contributed by atoms with Gasteiger partial charge in [0.05, 0.1) is 0 Å². The lowest BCUT2D eigenvalue weighted by molar-refractivity contribution is 0.667. The van der Waals surface area contributed by atoms with Gasteiger partial charge in [0, 0.05) is 11.1 Å². The van der Waals surface area contributed by atoms with Crippen LogP contribution in [0.5, 0.6) is 0 Å². The molecule has 0 atom stereocenters. The SMILES string of the molecule is C=CCCc1ccc(C#Cc2c[c]cc(CCCCCC)c2)cc1. The van der Waals surface area contributed by atoms with Crippen molar-refractivity contribution in [1.29, 1.82) is 0 Å². The molecule has 0 nitrogen and oxygen atoms in total. The summed E-state index contributed by atoms with van der Waals surface area (Å²) < 4.78 is 0. The number of hydrogen-bond acceptors (Lipinski definition) is 0. The second kappa shape index (κ2) is 10.5. The molecule has 0 aliphatic heterocycles. The fourth-order valence-corrected chi connectivity index (χ4v) is 2.66. The highest BCUT2D eigenvalue weighted by Crippen LogP contribution is 2.10. The van der Waals surface area contributed by atoms with Gasteiger partial charge < -0.3 is 0 Å². The first kappa shape index (κ1) is 18.1. The maximum Gasteiger partial charge on any atom is 0.0257 e. The molecule has 0 aliphatic carbocycles. The number of rotatable bonds is 8. The van der Waals surface area contributed by atoms with E-state index in [0.29, 0.717) is 0 Å². The van der Waals surface area contributed by atoms with E-state index in [9.17, 15) is 0 Å². The Labute approximate surface area is 147 Å². The van der Waals surface area contributed by atoms with Crippen LogP contribution in [-0.2, 0) is 12.8 Å². The van der Waals surface area contributed by atoms with E-state index in [1.54, 1.807) is 0 Å². The van der Waals surface area contributed by atoms with Crippen LogP contribution in [0.4, 0.5) is 0 Å². The molecular weight excluding hydrogens is 288 g/mol. The van der Waals surface area contributed by atoms with Crippen LogP contribution in [0, 0.1) is 17.9 Å². The van der Waals surface area contributed by atoms with Crippen molar-refractivity contribution in [3.05, 3.63) is 83.4 Å². The van der Waals surface area contributed by atoms with E-state index >= 15 is 0 Å². The standard InChI is InChI=1S/C24H27/c1-3-5-7-8-11-23-12-9-13-24(20-23)19-18-22-16-14-21(15-17-22)10-6-4-2/h4,12-17,20H,2-3,5-8,10-11H2,1H3. The Morgan fingerprint density at radius 3 is 2.46 bits per heavy atom. The van der Waals surface area contributed by atoms with Crippen molar-refractivity contribution in [2.24, 2.45) is 0 Å². The van der Waals surface area contributed by atoms with Crippen molar-refractivity contribution < 1.29 is 0 Å². The number of allylic oxidation sites excluding steroid dienone is 1. The largest absolute Gasteiger partial charge is 0.103 e. The van der Waals surface area contributed by atoms with Gasteiger partial charge in [0.25, 0.3) is 0 Å². The minimum absolute atomic E-state index is 1.02. The Bertz CT molecular complexity index is 680. The molecule has 0 aliphatic rings. The summed E-state index contributed by atoms with van der Waals surface area (Å²) in [7, 11) is 0. The van der Waals surface area contributed by atoms with Crippen molar-refractivity contribution in [1.82, 2.24) is 0 Å². The summed E-state index contributed by atoms with van der Waals surface area (Å²) in [5.41, 5.74) is 4.80. The van der Waals surface area contributed by atoms with Gasteiger partial charge in [-0.1, -0.05) is 62.3 Å². The van der Waals surface area contributed by atoms with Gasteiger partial charge in [-0.2, -0.15) is 0 Å². The van der Waals surface area contributed by atoms with E-state index in [1.165, 1.54) is 36.8 Å². The maximum atomic E-state index is 3.77. The molecule has 24 heavy (non-hydrogen) atoms. The number of benzene rings is 2. The molecule has 0 N–H and O–H groups in total. The van der Waals surface area contributed by atoms with Gasteiger partial charge >= 0.3 is 0 Å². The third-order valence-electron chi connectivity index (χ3n) is 4.11. The summed E-state index contributed by atoms with van der Waals surface area (Å²) in [5.74, 6) is 6.53. The van der Waals surface area contributed by atoms with Crippen LogP contribution in [0.1, 0.15) is 61.3 Å². The Hall–Kier alpha value is -2.26. The highest BCUT2D eigenvalue weighted by molar-refractivity contribution is 5.44. The third kappa shape index (κ3) is 6.47. The highest BCUT2D eigenvalue weighted by Gasteiger charge is 1.96. The van der Waals surface area contributed by atoms with Gasteiger partial charge in [-0.05, 0) is 67.1 Å². The second-order valence-corrected chi connectivity index (χ2v) is 6.21. The lowest BCUT2D eigenvalue weighted by Gasteiger charge is -2.01. The van der Waals surface area contributed by atoms with Gasteiger partial charge in [0.2, 0.25) is 0 Å². The monoisotopic (exact) mass is 315 g/mol. The quantitative estimate of drug-likeness (QED) is 0.312. The van der Waals surface area contributed by atoms with Crippen LogP contribution in [0.3, 0.4) is 0 Å². The van der Waals surface area contributed by atoms with Crippen molar-refractivity contribution in [2.75, 3.05) is 0 Å². The molecule has 0 amide bonds. The van der Waals surface area contributed by atoms with Gasteiger partial charge in [0.1, 0.15) is 0 Å². The van der Waals surface area contributed by atoms with E-state index in [4.69, 9.17) is 0 Å². The zero-order chi connectivity index (χ0) is 17.0. The van der Waals surface area contributed by atoms with E-state index in [0.717, 1.165) is 30.4 Å². The average Bonchev–Trinajstić information content (AvgIpc) is 2.63. The minimum Gasteiger partial charge on any atom is -0.103 e. The molecule has 0 aromatic heterocycles. The zero-order valence-electron chi connectivity index (χ0n) is 14.8. The van der Waals surface area contributed by atoms with Crippen LogP contribution in [0.15, 0.2) is 55.1 Å². The zero-order valence-corrected chi connectivity index (χ0v) is 14.8. The topological polar surface area (TPSA) is 0 Å². The summed E-state index contributed by atoms with van der Waals surface area (Å²) in [6.07, 6.45) is 10.3. The predicted octanol–water partition coefficient (Wildman–Crippen LogP) is 6.13. The van der Waals surface area contributed by atoms with Crippen molar-refractivity contribution in [2.45, 2.75) is 51.9 Å². The summed E-state index contributed by atoms with van der Waals surface area (Å²) >= 11 is 0. The van der Waals surface area contributed by atoms with Crippen molar-refractivity contribution >= 4 is 0 Å². The molecule has 0 bridgehead atoms. The molecule has 0 heterocycles. The second-order valence-electron chi connectivity index (χ2n) is 6.21. The molecule has 0 spiro atoms. The molecule has 0 heteroatoms. The summed E-state index contributed by atoms with van der Waals surface area (Å²) in [5, 5.41) is 0. The summed E-state index contributed by atoms with van der Waals surface area (Å²) in [6.45, 7) is 6.01. The number of hydrogen-bond donors (Lipinski definition) is 0. The molecule has 0 saturated heterocycles. The molecule has 1 radical (unpaired) electrons. The molecule has 2 aromatic carbocycles. The lowest BCUT2D eigenvalue weighted by atomic mass is 10.0. The fraction of sp³-hybridized carbons (Fsp3) is 0.333. The molecule has 0 fully saturated rings. The van der Waals surface area contributed by atoms with Gasteiger partial charge in [-0.25, -0.2) is 0 Å². The summed E-state index contributed by atoms with van der Waals surface area (Å²) in [4.78, 5) is 0. The van der Waals surface area contributed by atoms with Crippen molar-refractivity contribution in [3.8, 4) is 11.8 Å². The molecular formula is C24H27. The van der Waals surface area contributed by atoms with E-state index in [-0.39, 0.29) is 0 Å². The van der Waals surface area contributed by atoms with Crippen molar-refractivity contribution in [3.63, 3.8) is 0 Å². The Balaban J connectivity index is 1.95. The first-order valence-electron chi connectivity index (χ1n) is 9.03. The van der Waals surface area contributed by atoms with Crippen LogP contribution in [0.25, 0.3) is 0 Å². The summed E-state index contributed by atoms with van der Waals surface area (Å²) in [6, 6.07) is 18.0. The molecule has 123 valence electrons. The normalized spacial score (nSPS) is 10.0. The van der Waals surface area contributed by atoms with Crippen LogP contribution < -0.4 is 0 Å². The highest BCUT2D eigenvalue weighted by atomic mass is 14.0. The number of aryl methyl sites for hydroxylation is 2. The van der Waals surface area contributed by atoms with Crippen LogP contribution >= 0.6 is 0 Å². The molecule has 2 rings (SSSR count). The first-order chi connectivity index (χ1) is 11.8. The third-order valence-corrected chi connectivity index (χ3v) is 4.11. The van der Waals surface area contributed by atoms with E-state index < -0.39 is 0 Å². The van der Waals surface area contributed by atoms with Crippen LogP contribution in [-0.4, -0.2) is 0 Å². The molecule has 0 unspecified atom stereocenters. The minimum atomic E-state index is 1.02. The Morgan fingerprint density at radius 2 is 1.71 bits per heavy atom. The molecule has 2 aromatic rings. The first-order valence-corrected chi connectivity index (χ1v) is 9.03. The Morgan fingerprint density at radius 1 is 0.917 bits per heavy atom. The Kier molecular flexibility index (Phi) is 7.91. The van der Waals surface area contributed by atoms with Gasteiger partial charge in [0.15, 0.2) is 0 Å². The smallest absolute Gasteiger partial charge is 0.0257 e. The fourth-order valence-electron chi connectivity index (χ4n) is 2.66.